The van der Waals surface area contributed by atoms with E-state index in [1.54, 1.807) is 30.3 Å². The first kappa shape index (κ1) is 12.1. The highest BCUT2D eigenvalue weighted by atomic mass is 16.6. The monoisotopic (exact) mass is 265 g/mol. The molecule has 0 fully saturated rings. The molecule has 0 bridgehead atoms. The van der Waals surface area contributed by atoms with Crippen LogP contribution in [0.25, 0.3) is 22.2 Å². The van der Waals surface area contributed by atoms with Gasteiger partial charge in [0.05, 0.1) is 10.4 Å². The van der Waals surface area contributed by atoms with Crippen LogP contribution in [0, 0.1) is 10.1 Å². The zero-order valence-electron chi connectivity index (χ0n) is 10.5. The minimum Gasteiger partial charge on any atom is -0.393 e. The summed E-state index contributed by atoms with van der Waals surface area (Å²) in [6.07, 6.45) is 0. The van der Waals surface area contributed by atoms with E-state index in [2.05, 4.69) is 4.98 Å². The van der Waals surface area contributed by atoms with Gasteiger partial charge in [0, 0.05) is 10.9 Å². The van der Waals surface area contributed by atoms with Gasteiger partial charge in [-0.1, -0.05) is 48.5 Å². The fraction of sp³-hybridized carbons (Fsp3) is 0. The Balaban J connectivity index is 2.41. The molecule has 0 unspecified atom stereocenters. The van der Waals surface area contributed by atoms with Crippen LogP contribution in [0.15, 0.2) is 54.6 Å². The van der Waals surface area contributed by atoms with Crippen LogP contribution >= 0.6 is 0 Å². The van der Waals surface area contributed by atoms with E-state index in [0.717, 1.165) is 0 Å². The third-order valence-corrected chi connectivity index (χ3v) is 3.14. The van der Waals surface area contributed by atoms with E-state index in [1.165, 1.54) is 0 Å². The van der Waals surface area contributed by atoms with Gasteiger partial charge in [0.1, 0.15) is 5.69 Å². The summed E-state index contributed by atoms with van der Waals surface area (Å²) >= 11 is 0. The van der Waals surface area contributed by atoms with Gasteiger partial charge in [0.2, 0.25) is 0 Å². The third-order valence-electron chi connectivity index (χ3n) is 3.14. The number of pyridine rings is 1. The van der Waals surface area contributed by atoms with Crippen molar-refractivity contribution in [3.63, 3.8) is 0 Å². The maximum absolute atomic E-state index is 11.3. The molecule has 0 aliphatic rings. The second-order valence-electron chi connectivity index (χ2n) is 4.36. The highest BCUT2D eigenvalue weighted by molar-refractivity contribution is 5.99. The molecular weight excluding hydrogens is 254 g/mol. The third kappa shape index (κ3) is 1.85. The average molecular weight is 265 g/mol. The van der Waals surface area contributed by atoms with Gasteiger partial charge in [-0.15, -0.1) is 0 Å². The number of para-hydroxylation sites is 1. The van der Waals surface area contributed by atoms with Crippen LogP contribution in [0.3, 0.4) is 0 Å². The van der Waals surface area contributed by atoms with Crippen LogP contribution in [0.5, 0.6) is 0 Å². The summed E-state index contributed by atoms with van der Waals surface area (Å²) in [7, 11) is 0. The zero-order valence-corrected chi connectivity index (χ0v) is 10.5. The molecule has 1 aromatic heterocycles. The minimum absolute atomic E-state index is 0.144. The van der Waals surface area contributed by atoms with Crippen molar-refractivity contribution in [1.82, 2.24) is 4.98 Å². The molecule has 0 saturated heterocycles. The number of aromatic nitrogens is 1. The lowest BCUT2D eigenvalue weighted by molar-refractivity contribution is -0.383. The summed E-state index contributed by atoms with van der Waals surface area (Å²) in [6, 6.07) is 16.2. The number of rotatable bonds is 2. The number of hydrogen-bond donors (Lipinski definition) is 1. The molecule has 0 saturated carbocycles. The van der Waals surface area contributed by atoms with Gasteiger partial charge in [-0.05, 0) is 6.07 Å². The molecular formula is C15H11N3O2. The molecule has 2 N–H and O–H groups in total. The summed E-state index contributed by atoms with van der Waals surface area (Å²) < 4.78 is 0. The highest BCUT2D eigenvalue weighted by Crippen LogP contribution is 2.37. The van der Waals surface area contributed by atoms with Crippen LogP contribution in [-0.2, 0) is 0 Å². The van der Waals surface area contributed by atoms with E-state index in [-0.39, 0.29) is 11.4 Å². The molecule has 0 amide bonds. The number of fused-ring (bicyclic) bond motifs is 1. The van der Waals surface area contributed by atoms with E-state index in [4.69, 9.17) is 5.73 Å². The first-order chi connectivity index (χ1) is 9.68. The van der Waals surface area contributed by atoms with Crippen LogP contribution in [0.1, 0.15) is 0 Å². The van der Waals surface area contributed by atoms with E-state index in [9.17, 15) is 10.1 Å². The molecule has 0 aliphatic carbocycles. The molecule has 1 heterocycles. The van der Waals surface area contributed by atoms with Crippen molar-refractivity contribution in [3.05, 3.63) is 64.7 Å². The second-order valence-corrected chi connectivity index (χ2v) is 4.36. The molecule has 0 spiro atoms. The standard InChI is InChI=1S/C15H11N3O2/c16-13-11-8-4-5-9-12(11)17-14(15(13)18(19)20)10-6-2-1-3-7-10/h1-9H,(H2,16,17). The maximum atomic E-state index is 11.3. The van der Waals surface area contributed by atoms with Crippen molar-refractivity contribution in [2.75, 3.05) is 5.73 Å². The quantitative estimate of drug-likeness (QED) is 0.568. The lowest BCUT2D eigenvalue weighted by atomic mass is 10.1. The Morgan fingerprint density at radius 2 is 1.65 bits per heavy atom. The Bertz CT molecular complexity index is 801. The smallest absolute Gasteiger partial charge is 0.318 e. The normalized spacial score (nSPS) is 10.6. The Kier molecular flexibility index (Phi) is 2.80. The van der Waals surface area contributed by atoms with E-state index < -0.39 is 4.92 Å². The lowest BCUT2D eigenvalue weighted by Gasteiger charge is -2.08. The van der Waals surface area contributed by atoms with Crippen LogP contribution < -0.4 is 5.73 Å². The highest BCUT2D eigenvalue weighted by Gasteiger charge is 2.23. The first-order valence-corrected chi connectivity index (χ1v) is 6.06. The van der Waals surface area contributed by atoms with Crippen LogP contribution in [0.2, 0.25) is 0 Å². The SMILES string of the molecule is Nc1c([N+](=O)[O-])c(-c2ccccc2)nc2ccccc12. The topological polar surface area (TPSA) is 82.0 Å². The molecule has 2 aromatic carbocycles. The van der Waals surface area contributed by atoms with Crippen molar-refractivity contribution < 1.29 is 4.92 Å². The predicted molar refractivity (Wildman–Crippen MR) is 78.2 cm³/mol. The molecule has 0 radical (unpaired) electrons. The van der Waals surface area contributed by atoms with Crippen LogP contribution in [-0.4, -0.2) is 9.91 Å². The van der Waals surface area contributed by atoms with Gasteiger partial charge in [-0.2, -0.15) is 0 Å². The molecule has 3 aromatic rings. The predicted octanol–water partition coefficient (Wildman–Crippen LogP) is 3.39. The van der Waals surface area contributed by atoms with Gasteiger partial charge in [-0.25, -0.2) is 4.98 Å². The number of nitrogen functional groups attached to an aromatic ring is 1. The first-order valence-electron chi connectivity index (χ1n) is 6.06. The number of nitrogens with zero attached hydrogens (tertiary/aromatic N) is 2. The number of nitro groups is 1. The van der Waals surface area contributed by atoms with Crippen molar-refractivity contribution in [1.29, 1.82) is 0 Å². The van der Waals surface area contributed by atoms with Gasteiger partial charge in [0.25, 0.3) is 0 Å². The summed E-state index contributed by atoms with van der Waals surface area (Å²) in [5, 5.41) is 11.9. The van der Waals surface area contributed by atoms with Gasteiger partial charge in [0.15, 0.2) is 5.69 Å². The second kappa shape index (κ2) is 4.62. The van der Waals surface area contributed by atoms with Gasteiger partial charge < -0.3 is 5.73 Å². The fourth-order valence-electron chi connectivity index (χ4n) is 2.21. The Morgan fingerprint density at radius 3 is 2.35 bits per heavy atom. The Labute approximate surface area is 114 Å². The molecule has 0 aliphatic heterocycles. The average Bonchev–Trinajstić information content (AvgIpc) is 2.47. The molecule has 5 nitrogen and oxygen atoms in total. The lowest BCUT2D eigenvalue weighted by Crippen LogP contribution is -2.01. The van der Waals surface area contributed by atoms with E-state index >= 15 is 0 Å². The molecule has 0 atom stereocenters. The maximum Gasteiger partial charge on any atom is 0.318 e. The number of hydrogen-bond acceptors (Lipinski definition) is 4. The Hall–Kier alpha value is -2.95. The summed E-state index contributed by atoms with van der Waals surface area (Å²) in [6.45, 7) is 0. The number of anilines is 1. The van der Waals surface area contributed by atoms with Gasteiger partial charge in [-0.3, -0.25) is 10.1 Å². The summed E-state index contributed by atoms with van der Waals surface area (Å²) in [5.41, 5.74) is 7.61. The fourth-order valence-corrected chi connectivity index (χ4v) is 2.21. The van der Waals surface area contributed by atoms with Gasteiger partial charge >= 0.3 is 5.69 Å². The van der Waals surface area contributed by atoms with E-state index in [0.29, 0.717) is 22.2 Å². The Morgan fingerprint density at radius 1 is 1.00 bits per heavy atom. The molecule has 3 rings (SSSR count). The van der Waals surface area contributed by atoms with Crippen molar-refractivity contribution in [2.24, 2.45) is 0 Å². The van der Waals surface area contributed by atoms with Crippen molar-refractivity contribution in [2.45, 2.75) is 0 Å². The summed E-state index contributed by atoms with van der Waals surface area (Å²) in [5.74, 6) is 0. The van der Waals surface area contributed by atoms with E-state index in [1.807, 2.05) is 24.3 Å². The number of nitrogens with two attached hydrogens (primary N) is 1. The molecule has 5 heteroatoms. The van der Waals surface area contributed by atoms with Crippen molar-refractivity contribution >= 4 is 22.3 Å². The minimum atomic E-state index is -0.475. The molecule has 98 valence electrons. The largest absolute Gasteiger partial charge is 0.393 e. The zero-order chi connectivity index (χ0) is 14.1. The summed E-state index contributed by atoms with van der Waals surface area (Å²) in [4.78, 5) is 15.3. The van der Waals surface area contributed by atoms with Crippen LogP contribution in [0.4, 0.5) is 11.4 Å². The van der Waals surface area contributed by atoms with Crippen molar-refractivity contribution in [3.8, 4) is 11.3 Å². The number of benzene rings is 2. The molecule has 20 heavy (non-hydrogen) atoms.